The summed E-state index contributed by atoms with van der Waals surface area (Å²) < 4.78 is 5.44. The summed E-state index contributed by atoms with van der Waals surface area (Å²) in [6, 6.07) is 2.27. The van der Waals surface area contributed by atoms with E-state index in [0.29, 0.717) is 0 Å². The summed E-state index contributed by atoms with van der Waals surface area (Å²) in [7, 11) is 1.75. The Labute approximate surface area is 105 Å². The van der Waals surface area contributed by atoms with E-state index < -0.39 is 0 Å². The highest BCUT2D eigenvalue weighted by Gasteiger charge is 2.10. The highest BCUT2D eigenvalue weighted by molar-refractivity contribution is 5.48. The molecule has 0 aliphatic heterocycles. The topological polar surface area (TPSA) is 35.2 Å². The molecule has 0 bridgehead atoms. The van der Waals surface area contributed by atoms with Crippen LogP contribution in [-0.4, -0.2) is 13.7 Å². The number of hydrogen-bond acceptors (Lipinski definition) is 2. The fraction of sp³-hybridized carbons (Fsp3) is 0.600. The van der Waals surface area contributed by atoms with E-state index in [9.17, 15) is 0 Å². The van der Waals surface area contributed by atoms with Crippen molar-refractivity contribution in [1.29, 1.82) is 0 Å². The van der Waals surface area contributed by atoms with Gasteiger partial charge in [-0.1, -0.05) is 12.5 Å². The van der Waals surface area contributed by atoms with Gasteiger partial charge in [-0.05, 0) is 68.8 Å². The molecule has 1 aromatic rings. The van der Waals surface area contributed by atoms with Crippen molar-refractivity contribution in [2.75, 3.05) is 13.7 Å². The highest BCUT2D eigenvalue weighted by Crippen LogP contribution is 2.29. The summed E-state index contributed by atoms with van der Waals surface area (Å²) in [6.45, 7) is 7.26. The zero-order valence-corrected chi connectivity index (χ0v) is 11.6. The van der Waals surface area contributed by atoms with Crippen LogP contribution in [-0.2, 0) is 6.42 Å². The highest BCUT2D eigenvalue weighted by atomic mass is 16.5. The molecule has 0 saturated heterocycles. The van der Waals surface area contributed by atoms with Gasteiger partial charge in [0.15, 0.2) is 0 Å². The maximum Gasteiger partial charge on any atom is 0.124 e. The molecule has 0 aliphatic rings. The molecular formula is C15H25NO. The standard InChI is InChI=1S/C15H25NO/c1-11-10-14(8-6-5-7-9-16)12(2)13(3)15(11)17-4/h10H,5-9,16H2,1-4H3. The van der Waals surface area contributed by atoms with Crippen LogP contribution in [0.3, 0.4) is 0 Å². The van der Waals surface area contributed by atoms with Gasteiger partial charge in [-0.2, -0.15) is 0 Å². The van der Waals surface area contributed by atoms with Crippen molar-refractivity contribution < 1.29 is 4.74 Å². The van der Waals surface area contributed by atoms with Crippen LogP contribution in [0.5, 0.6) is 5.75 Å². The second-order valence-corrected chi connectivity index (χ2v) is 4.74. The minimum Gasteiger partial charge on any atom is -0.496 e. The maximum absolute atomic E-state index is 5.51. The summed E-state index contributed by atoms with van der Waals surface area (Å²) in [5.74, 6) is 1.04. The first kappa shape index (κ1) is 14.0. The molecule has 2 nitrogen and oxygen atoms in total. The molecule has 17 heavy (non-hydrogen) atoms. The van der Waals surface area contributed by atoms with Gasteiger partial charge in [0.05, 0.1) is 7.11 Å². The van der Waals surface area contributed by atoms with Gasteiger partial charge in [0.1, 0.15) is 5.75 Å². The molecule has 1 rings (SSSR count). The lowest BCUT2D eigenvalue weighted by molar-refractivity contribution is 0.408. The minimum absolute atomic E-state index is 0.805. The van der Waals surface area contributed by atoms with E-state index in [1.165, 1.54) is 35.1 Å². The van der Waals surface area contributed by atoms with Gasteiger partial charge in [0.25, 0.3) is 0 Å². The van der Waals surface area contributed by atoms with E-state index in [0.717, 1.165) is 25.1 Å². The minimum atomic E-state index is 0.805. The summed E-state index contributed by atoms with van der Waals surface area (Å²) in [4.78, 5) is 0. The predicted octanol–water partition coefficient (Wildman–Crippen LogP) is 3.29. The van der Waals surface area contributed by atoms with Gasteiger partial charge in [-0.25, -0.2) is 0 Å². The number of unbranched alkanes of at least 4 members (excludes halogenated alkanes) is 2. The largest absolute Gasteiger partial charge is 0.496 e. The van der Waals surface area contributed by atoms with Crippen LogP contribution in [0, 0.1) is 20.8 Å². The lowest BCUT2D eigenvalue weighted by atomic mass is 9.95. The Morgan fingerprint density at radius 3 is 2.35 bits per heavy atom. The molecule has 0 fully saturated rings. The average molecular weight is 235 g/mol. The van der Waals surface area contributed by atoms with Gasteiger partial charge in [0.2, 0.25) is 0 Å². The third-order valence-corrected chi connectivity index (χ3v) is 3.49. The van der Waals surface area contributed by atoms with Crippen LogP contribution in [0.4, 0.5) is 0 Å². The summed E-state index contributed by atoms with van der Waals surface area (Å²) in [5, 5.41) is 0. The van der Waals surface area contributed by atoms with E-state index in [4.69, 9.17) is 10.5 Å². The first-order valence-electron chi connectivity index (χ1n) is 6.45. The number of hydrogen-bond donors (Lipinski definition) is 1. The monoisotopic (exact) mass is 235 g/mol. The molecule has 96 valence electrons. The molecule has 0 atom stereocenters. The first-order valence-corrected chi connectivity index (χ1v) is 6.45. The van der Waals surface area contributed by atoms with Crippen LogP contribution in [0.15, 0.2) is 6.07 Å². The quantitative estimate of drug-likeness (QED) is 0.768. The van der Waals surface area contributed by atoms with Crippen molar-refractivity contribution in [3.05, 3.63) is 28.3 Å². The summed E-state index contributed by atoms with van der Waals surface area (Å²) in [5.41, 5.74) is 10.9. The predicted molar refractivity (Wildman–Crippen MR) is 73.8 cm³/mol. The SMILES string of the molecule is COc1c(C)cc(CCCCCN)c(C)c1C. The molecule has 0 heterocycles. The van der Waals surface area contributed by atoms with E-state index >= 15 is 0 Å². The number of benzene rings is 1. The summed E-state index contributed by atoms with van der Waals surface area (Å²) >= 11 is 0. The third kappa shape index (κ3) is 3.47. The molecule has 0 radical (unpaired) electrons. The number of nitrogens with two attached hydrogens (primary N) is 1. The molecule has 1 aromatic carbocycles. The molecule has 2 heteroatoms. The third-order valence-electron chi connectivity index (χ3n) is 3.49. The van der Waals surface area contributed by atoms with Crippen molar-refractivity contribution in [3.63, 3.8) is 0 Å². The second kappa shape index (κ2) is 6.65. The zero-order valence-electron chi connectivity index (χ0n) is 11.6. The zero-order chi connectivity index (χ0) is 12.8. The Morgan fingerprint density at radius 2 is 1.76 bits per heavy atom. The van der Waals surface area contributed by atoms with Gasteiger partial charge >= 0.3 is 0 Å². The summed E-state index contributed by atoms with van der Waals surface area (Å²) in [6.07, 6.45) is 4.73. The van der Waals surface area contributed by atoms with E-state index in [1.54, 1.807) is 7.11 Å². The van der Waals surface area contributed by atoms with E-state index in [-0.39, 0.29) is 0 Å². The average Bonchev–Trinajstić information content (AvgIpc) is 2.31. The Hall–Kier alpha value is -1.02. The molecule has 0 aromatic heterocycles. The Balaban J connectivity index is 2.80. The lowest BCUT2D eigenvalue weighted by Crippen LogP contribution is -2.01. The van der Waals surface area contributed by atoms with Crippen molar-refractivity contribution in [2.24, 2.45) is 5.73 Å². The Morgan fingerprint density at radius 1 is 1.06 bits per heavy atom. The van der Waals surface area contributed by atoms with Crippen molar-refractivity contribution in [2.45, 2.75) is 46.5 Å². The van der Waals surface area contributed by atoms with Crippen LogP contribution < -0.4 is 10.5 Å². The molecule has 0 unspecified atom stereocenters. The van der Waals surface area contributed by atoms with E-state index in [2.05, 4.69) is 26.8 Å². The lowest BCUT2D eigenvalue weighted by Gasteiger charge is -2.15. The van der Waals surface area contributed by atoms with E-state index in [1.807, 2.05) is 0 Å². The first-order chi connectivity index (χ1) is 8.11. The molecule has 2 N–H and O–H groups in total. The van der Waals surface area contributed by atoms with Gasteiger partial charge in [0, 0.05) is 0 Å². The molecule has 0 amide bonds. The molecule has 0 aliphatic carbocycles. The number of rotatable bonds is 6. The van der Waals surface area contributed by atoms with Crippen molar-refractivity contribution >= 4 is 0 Å². The maximum atomic E-state index is 5.51. The number of ether oxygens (including phenoxy) is 1. The van der Waals surface area contributed by atoms with Crippen LogP contribution in [0.25, 0.3) is 0 Å². The van der Waals surface area contributed by atoms with Crippen LogP contribution in [0.1, 0.15) is 41.5 Å². The van der Waals surface area contributed by atoms with Crippen LogP contribution >= 0.6 is 0 Å². The van der Waals surface area contributed by atoms with Crippen molar-refractivity contribution in [3.8, 4) is 5.75 Å². The fourth-order valence-corrected chi connectivity index (χ4v) is 2.35. The van der Waals surface area contributed by atoms with Gasteiger partial charge in [-0.3, -0.25) is 0 Å². The molecule has 0 spiro atoms. The van der Waals surface area contributed by atoms with Crippen LogP contribution in [0.2, 0.25) is 0 Å². The Kier molecular flexibility index (Phi) is 5.49. The Bertz CT molecular complexity index is 372. The van der Waals surface area contributed by atoms with Gasteiger partial charge in [-0.15, -0.1) is 0 Å². The smallest absolute Gasteiger partial charge is 0.124 e. The van der Waals surface area contributed by atoms with Gasteiger partial charge < -0.3 is 10.5 Å². The fourth-order valence-electron chi connectivity index (χ4n) is 2.35. The second-order valence-electron chi connectivity index (χ2n) is 4.74. The molecule has 0 saturated carbocycles. The van der Waals surface area contributed by atoms with Crippen molar-refractivity contribution in [1.82, 2.24) is 0 Å². The number of methoxy groups -OCH3 is 1. The molecular weight excluding hydrogens is 210 g/mol. The normalized spacial score (nSPS) is 10.6. The number of aryl methyl sites for hydroxylation is 2.